The lowest BCUT2D eigenvalue weighted by molar-refractivity contribution is 0.301. The first-order valence-electron chi connectivity index (χ1n) is 7.07. The summed E-state index contributed by atoms with van der Waals surface area (Å²) in [5.41, 5.74) is 7.69. The lowest BCUT2D eigenvalue weighted by atomic mass is 9.82. The van der Waals surface area contributed by atoms with Gasteiger partial charge in [0.05, 0.1) is 0 Å². The summed E-state index contributed by atoms with van der Waals surface area (Å²) in [7, 11) is 0. The van der Waals surface area contributed by atoms with E-state index in [4.69, 9.17) is 5.73 Å². The molecule has 0 saturated carbocycles. The van der Waals surface area contributed by atoms with E-state index in [0.717, 1.165) is 18.9 Å². The number of hydrogen-bond acceptors (Lipinski definition) is 3. The van der Waals surface area contributed by atoms with E-state index in [0.29, 0.717) is 5.41 Å². The number of hydrogen-bond donors (Lipinski definition) is 1. The van der Waals surface area contributed by atoms with Crippen LogP contribution in [0, 0.1) is 5.41 Å². The van der Waals surface area contributed by atoms with E-state index in [1.165, 1.54) is 24.8 Å². The maximum Gasteiger partial charge on any atom is 0.133 e. The molecule has 100 valence electrons. The van der Waals surface area contributed by atoms with E-state index < -0.39 is 0 Å². The van der Waals surface area contributed by atoms with Crippen LogP contribution in [0.2, 0.25) is 0 Å². The SMILES string of the molecule is CCC1(CC)CCN(c2ncccc2[C@@H](C)N)C1. The lowest BCUT2D eigenvalue weighted by Crippen LogP contribution is -2.28. The van der Waals surface area contributed by atoms with Gasteiger partial charge in [-0.2, -0.15) is 0 Å². The molecule has 1 aliphatic rings. The van der Waals surface area contributed by atoms with Crippen molar-refractivity contribution in [3.63, 3.8) is 0 Å². The highest BCUT2D eigenvalue weighted by molar-refractivity contribution is 5.49. The fourth-order valence-electron chi connectivity index (χ4n) is 2.97. The van der Waals surface area contributed by atoms with Crippen LogP contribution in [0.3, 0.4) is 0 Å². The second kappa shape index (κ2) is 5.27. The Morgan fingerprint density at radius 2 is 2.17 bits per heavy atom. The summed E-state index contributed by atoms with van der Waals surface area (Å²) in [6.45, 7) is 8.87. The topological polar surface area (TPSA) is 42.2 Å². The van der Waals surface area contributed by atoms with Crippen LogP contribution in [0.1, 0.15) is 51.6 Å². The number of aromatic nitrogens is 1. The molecule has 0 radical (unpaired) electrons. The second-order valence-electron chi connectivity index (χ2n) is 5.58. The Bertz CT molecular complexity index is 396. The Balaban J connectivity index is 2.24. The number of pyridine rings is 1. The van der Waals surface area contributed by atoms with Crippen molar-refractivity contribution in [1.29, 1.82) is 0 Å². The predicted molar refractivity (Wildman–Crippen MR) is 76.7 cm³/mol. The van der Waals surface area contributed by atoms with Gasteiger partial charge in [0.2, 0.25) is 0 Å². The van der Waals surface area contributed by atoms with Gasteiger partial charge in [0.1, 0.15) is 5.82 Å². The standard InChI is InChI=1S/C15H25N3/c1-4-15(5-2)8-10-18(11-15)14-13(12(3)16)7-6-9-17-14/h6-7,9,12H,4-5,8,10-11,16H2,1-3H3/t12-/m1/s1. The third kappa shape index (κ3) is 2.37. The molecule has 0 bridgehead atoms. The normalized spacial score (nSPS) is 20.1. The van der Waals surface area contributed by atoms with E-state index >= 15 is 0 Å². The summed E-state index contributed by atoms with van der Waals surface area (Å²) in [4.78, 5) is 6.98. The molecule has 1 atom stereocenters. The fourth-order valence-corrected chi connectivity index (χ4v) is 2.97. The predicted octanol–water partition coefficient (Wildman–Crippen LogP) is 3.12. The molecule has 18 heavy (non-hydrogen) atoms. The molecule has 1 fully saturated rings. The zero-order valence-electron chi connectivity index (χ0n) is 11.8. The smallest absolute Gasteiger partial charge is 0.133 e. The Morgan fingerprint density at radius 1 is 1.44 bits per heavy atom. The monoisotopic (exact) mass is 247 g/mol. The first-order chi connectivity index (χ1) is 8.62. The van der Waals surface area contributed by atoms with Gasteiger partial charge >= 0.3 is 0 Å². The van der Waals surface area contributed by atoms with Crippen LogP contribution in [0.15, 0.2) is 18.3 Å². The van der Waals surface area contributed by atoms with Crippen molar-refractivity contribution in [2.45, 2.75) is 46.1 Å². The van der Waals surface area contributed by atoms with Gasteiger partial charge in [-0.15, -0.1) is 0 Å². The Hall–Kier alpha value is -1.09. The number of nitrogens with zero attached hydrogens (tertiary/aromatic N) is 2. The molecule has 2 heterocycles. The first-order valence-corrected chi connectivity index (χ1v) is 7.07. The largest absolute Gasteiger partial charge is 0.356 e. The molecule has 0 amide bonds. The summed E-state index contributed by atoms with van der Waals surface area (Å²) >= 11 is 0. The first kappa shape index (κ1) is 13.3. The van der Waals surface area contributed by atoms with Gasteiger partial charge in [-0.25, -0.2) is 4.98 Å². The molecule has 3 heteroatoms. The molecule has 1 aromatic rings. The van der Waals surface area contributed by atoms with E-state index in [1.807, 2.05) is 19.2 Å². The Morgan fingerprint density at radius 3 is 2.72 bits per heavy atom. The van der Waals surface area contributed by atoms with Gasteiger partial charge in [-0.3, -0.25) is 0 Å². The van der Waals surface area contributed by atoms with E-state index in [1.54, 1.807) is 0 Å². The zero-order chi connectivity index (χ0) is 13.2. The Kier molecular flexibility index (Phi) is 3.91. The third-order valence-corrected chi connectivity index (χ3v) is 4.55. The van der Waals surface area contributed by atoms with Crippen molar-refractivity contribution in [2.24, 2.45) is 11.1 Å². The summed E-state index contributed by atoms with van der Waals surface area (Å²) < 4.78 is 0. The second-order valence-corrected chi connectivity index (χ2v) is 5.58. The van der Waals surface area contributed by atoms with Crippen molar-refractivity contribution in [3.05, 3.63) is 23.9 Å². The van der Waals surface area contributed by atoms with Crippen molar-refractivity contribution in [3.8, 4) is 0 Å². The van der Waals surface area contributed by atoms with Crippen molar-refractivity contribution < 1.29 is 0 Å². The highest BCUT2D eigenvalue weighted by Crippen LogP contribution is 2.39. The van der Waals surface area contributed by atoms with Crippen LogP contribution in [0.4, 0.5) is 5.82 Å². The van der Waals surface area contributed by atoms with Crippen LogP contribution < -0.4 is 10.6 Å². The average molecular weight is 247 g/mol. The minimum absolute atomic E-state index is 0.0481. The molecule has 0 unspecified atom stereocenters. The Labute approximate surface area is 110 Å². The van der Waals surface area contributed by atoms with E-state index in [9.17, 15) is 0 Å². The number of rotatable bonds is 4. The maximum atomic E-state index is 6.05. The quantitative estimate of drug-likeness (QED) is 0.889. The molecular weight excluding hydrogens is 222 g/mol. The number of nitrogens with two attached hydrogens (primary N) is 1. The van der Waals surface area contributed by atoms with Gasteiger partial charge in [0.15, 0.2) is 0 Å². The van der Waals surface area contributed by atoms with Gasteiger partial charge in [-0.05, 0) is 37.7 Å². The number of anilines is 1. The zero-order valence-corrected chi connectivity index (χ0v) is 11.8. The van der Waals surface area contributed by atoms with E-state index in [2.05, 4.69) is 29.8 Å². The molecular formula is C15H25N3. The van der Waals surface area contributed by atoms with Crippen LogP contribution in [-0.2, 0) is 0 Å². The molecule has 2 rings (SSSR count). The highest BCUT2D eigenvalue weighted by atomic mass is 15.2. The van der Waals surface area contributed by atoms with E-state index in [-0.39, 0.29) is 6.04 Å². The molecule has 0 aromatic carbocycles. The lowest BCUT2D eigenvalue weighted by Gasteiger charge is -2.28. The summed E-state index contributed by atoms with van der Waals surface area (Å²) in [5.74, 6) is 1.09. The summed E-state index contributed by atoms with van der Waals surface area (Å²) in [5, 5.41) is 0. The average Bonchev–Trinajstić information content (AvgIpc) is 2.83. The molecule has 1 aromatic heterocycles. The summed E-state index contributed by atoms with van der Waals surface area (Å²) in [6, 6.07) is 4.13. The van der Waals surface area contributed by atoms with Crippen LogP contribution >= 0.6 is 0 Å². The van der Waals surface area contributed by atoms with Crippen molar-refractivity contribution in [1.82, 2.24) is 4.98 Å². The molecule has 3 nitrogen and oxygen atoms in total. The van der Waals surface area contributed by atoms with Gasteiger partial charge in [-0.1, -0.05) is 19.9 Å². The fraction of sp³-hybridized carbons (Fsp3) is 0.667. The van der Waals surface area contributed by atoms with Gasteiger partial charge in [0.25, 0.3) is 0 Å². The van der Waals surface area contributed by atoms with Gasteiger partial charge in [0, 0.05) is 30.9 Å². The minimum atomic E-state index is 0.0481. The van der Waals surface area contributed by atoms with Gasteiger partial charge < -0.3 is 10.6 Å². The van der Waals surface area contributed by atoms with Crippen molar-refractivity contribution >= 4 is 5.82 Å². The highest BCUT2D eigenvalue weighted by Gasteiger charge is 2.36. The molecule has 1 saturated heterocycles. The molecule has 0 spiro atoms. The van der Waals surface area contributed by atoms with Crippen molar-refractivity contribution in [2.75, 3.05) is 18.0 Å². The molecule has 1 aliphatic heterocycles. The van der Waals surface area contributed by atoms with Crippen LogP contribution in [0.5, 0.6) is 0 Å². The molecule has 0 aliphatic carbocycles. The maximum absolute atomic E-state index is 6.05. The van der Waals surface area contributed by atoms with Crippen LogP contribution in [-0.4, -0.2) is 18.1 Å². The third-order valence-electron chi connectivity index (χ3n) is 4.55. The van der Waals surface area contributed by atoms with Crippen LogP contribution in [0.25, 0.3) is 0 Å². The summed E-state index contributed by atoms with van der Waals surface area (Å²) in [6.07, 6.45) is 5.65. The molecule has 2 N–H and O–H groups in total. The minimum Gasteiger partial charge on any atom is -0.356 e.